The molecule has 0 aliphatic heterocycles. The summed E-state index contributed by atoms with van der Waals surface area (Å²) in [4.78, 5) is 10.3. The van der Waals surface area contributed by atoms with E-state index in [1.807, 2.05) is 4.72 Å². The predicted octanol–water partition coefficient (Wildman–Crippen LogP) is 1.20. The molecule has 0 aromatic heterocycles. The Bertz CT molecular complexity index is 560. The molecular weight excluding hydrogens is 280 g/mol. The Morgan fingerprint density at radius 1 is 1.37 bits per heavy atom. The van der Waals surface area contributed by atoms with E-state index in [1.165, 1.54) is 0 Å². The number of nitrogens with one attached hydrogen (secondary N) is 1. The quantitative estimate of drug-likeness (QED) is 0.800. The molecule has 0 atom stereocenters. The fourth-order valence-electron chi connectivity index (χ4n) is 1.29. The first-order valence-electron chi connectivity index (χ1n) is 5.47. The van der Waals surface area contributed by atoms with Gasteiger partial charge >= 0.3 is 5.97 Å². The third-order valence-corrected chi connectivity index (χ3v) is 3.60. The van der Waals surface area contributed by atoms with Crippen LogP contribution in [0.1, 0.15) is 13.3 Å². The van der Waals surface area contributed by atoms with Crippen LogP contribution in [-0.2, 0) is 19.6 Å². The molecule has 0 heterocycles. The van der Waals surface area contributed by atoms with Gasteiger partial charge < -0.3 is 4.74 Å². The highest BCUT2D eigenvalue weighted by Gasteiger charge is 2.19. The SMILES string of the molecule is CCOC(=O)CCNS(=O)(=O)c1ccc(F)cc1F. The van der Waals surface area contributed by atoms with Gasteiger partial charge in [-0.2, -0.15) is 0 Å². The summed E-state index contributed by atoms with van der Waals surface area (Å²) >= 11 is 0. The van der Waals surface area contributed by atoms with Crippen molar-refractivity contribution in [3.05, 3.63) is 29.8 Å². The lowest BCUT2D eigenvalue weighted by atomic mass is 10.3. The zero-order valence-electron chi connectivity index (χ0n) is 10.2. The zero-order chi connectivity index (χ0) is 14.5. The minimum Gasteiger partial charge on any atom is -0.466 e. The molecule has 8 heteroatoms. The highest BCUT2D eigenvalue weighted by Crippen LogP contribution is 2.15. The molecule has 106 valence electrons. The number of carbonyl (C=O) groups excluding carboxylic acids is 1. The van der Waals surface area contributed by atoms with Crippen molar-refractivity contribution < 1.29 is 26.7 Å². The number of ether oxygens (including phenoxy) is 1. The molecule has 0 fully saturated rings. The van der Waals surface area contributed by atoms with E-state index < -0.39 is 32.5 Å². The summed E-state index contributed by atoms with van der Waals surface area (Å²) in [6.07, 6.45) is -0.171. The predicted molar refractivity (Wildman–Crippen MR) is 62.8 cm³/mol. The average molecular weight is 293 g/mol. The summed E-state index contributed by atoms with van der Waals surface area (Å²) in [7, 11) is -4.12. The van der Waals surface area contributed by atoms with E-state index in [1.54, 1.807) is 6.92 Å². The molecule has 1 aromatic carbocycles. The van der Waals surface area contributed by atoms with Crippen molar-refractivity contribution in [3.8, 4) is 0 Å². The Balaban J connectivity index is 2.68. The Hall–Kier alpha value is -1.54. The topological polar surface area (TPSA) is 72.5 Å². The number of hydrogen-bond donors (Lipinski definition) is 1. The molecule has 0 aliphatic carbocycles. The van der Waals surface area contributed by atoms with Gasteiger partial charge in [-0.1, -0.05) is 0 Å². The number of benzene rings is 1. The number of halogens is 2. The number of rotatable bonds is 6. The molecule has 0 amide bonds. The maximum Gasteiger partial charge on any atom is 0.307 e. The number of esters is 1. The molecule has 0 saturated carbocycles. The van der Waals surface area contributed by atoms with Crippen LogP contribution in [-0.4, -0.2) is 27.5 Å². The monoisotopic (exact) mass is 293 g/mol. The van der Waals surface area contributed by atoms with Crippen LogP contribution in [0.5, 0.6) is 0 Å². The van der Waals surface area contributed by atoms with Gasteiger partial charge in [0.1, 0.15) is 16.5 Å². The lowest BCUT2D eigenvalue weighted by Gasteiger charge is -2.07. The average Bonchev–Trinajstić information content (AvgIpc) is 2.28. The smallest absolute Gasteiger partial charge is 0.307 e. The molecule has 0 radical (unpaired) electrons. The summed E-state index contributed by atoms with van der Waals surface area (Å²) in [5.41, 5.74) is 0. The minimum absolute atomic E-state index is 0.171. The van der Waals surface area contributed by atoms with Crippen molar-refractivity contribution in [2.45, 2.75) is 18.2 Å². The summed E-state index contributed by atoms with van der Waals surface area (Å²) in [5, 5.41) is 0. The molecule has 1 rings (SSSR count). The molecule has 19 heavy (non-hydrogen) atoms. The lowest BCUT2D eigenvalue weighted by molar-refractivity contribution is -0.142. The van der Waals surface area contributed by atoms with E-state index in [4.69, 9.17) is 0 Å². The van der Waals surface area contributed by atoms with Gasteiger partial charge in [-0.25, -0.2) is 21.9 Å². The maximum atomic E-state index is 13.3. The Kier molecular flexibility index (Phi) is 5.37. The maximum absolute atomic E-state index is 13.3. The van der Waals surface area contributed by atoms with Crippen molar-refractivity contribution in [2.75, 3.05) is 13.2 Å². The summed E-state index contributed by atoms with van der Waals surface area (Å²) in [6, 6.07) is 2.13. The summed E-state index contributed by atoms with van der Waals surface area (Å²) in [5.74, 6) is -2.63. The van der Waals surface area contributed by atoms with Gasteiger partial charge in [0.15, 0.2) is 0 Å². The first-order chi connectivity index (χ1) is 8.86. The molecule has 1 aromatic rings. The van der Waals surface area contributed by atoms with Gasteiger partial charge in [0.25, 0.3) is 0 Å². The molecule has 0 spiro atoms. The van der Waals surface area contributed by atoms with Crippen LogP contribution in [0.3, 0.4) is 0 Å². The fraction of sp³-hybridized carbons (Fsp3) is 0.364. The molecule has 1 N–H and O–H groups in total. The third-order valence-electron chi connectivity index (χ3n) is 2.11. The fourth-order valence-corrected chi connectivity index (χ4v) is 2.38. The van der Waals surface area contributed by atoms with Gasteiger partial charge in [-0.15, -0.1) is 0 Å². The highest BCUT2D eigenvalue weighted by molar-refractivity contribution is 7.89. The van der Waals surface area contributed by atoms with E-state index in [-0.39, 0.29) is 19.6 Å². The van der Waals surface area contributed by atoms with Crippen molar-refractivity contribution >= 4 is 16.0 Å². The number of hydrogen-bond acceptors (Lipinski definition) is 4. The van der Waals surface area contributed by atoms with E-state index >= 15 is 0 Å². The van der Waals surface area contributed by atoms with Crippen LogP contribution in [0.2, 0.25) is 0 Å². The molecule has 5 nitrogen and oxygen atoms in total. The first kappa shape index (κ1) is 15.5. The van der Waals surface area contributed by atoms with Gasteiger partial charge in [-0.3, -0.25) is 4.79 Å². The number of sulfonamides is 1. The molecule has 0 saturated heterocycles. The van der Waals surface area contributed by atoms with Crippen LogP contribution < -0.4 is 4.72 Å². The normalized spacial score (nSPS) is 11.3. The highest BCUT2D eigenvalue weighted by atomic mass is 32.2. The van der Waals surface area contributed by atoms with Crippen LogP contribution in [0, 0.1) is 11.6 Å². The van der Waals surface area contributed by atoms with Gasteiger partial charge in [-0.05, 0) is 19.1 Å². The van der Waals surface area contributed by atoms with Gasteiger partial charge in [0.05, 0.1) is 13.0 Å². The molecular formula is C11H13F2NO4S. The summed E-state index contributed by atoms with van der Waals surface area (Å²) < 4.78 is 56.0. The second-order valence-corrected chi connectivity index (χ2v) is 5.26. The van der Waals surface area contributed by atoms with E-state index in [0.717, 1.165) is 12.1 Å². The second-order valence-electron chi connectivity index (χ2n) is 3.53. The number of carbonyl (C=O) groups is 1. The minimum atomic E-state index is -4.12. The zero-order valence-corrected chi connectivity index (χ0v) is 11.0. The molecule has 0 aliphatic rings. The van der Waals surface area contributed by atoms with Crippen LogP contribution in [0.25, 0.3) is 0 Å². The second kappa shape index (κ2) is 6.58. The van der Waals surface area contributed by atoms with E-state index in [0.29, 0.717) is 6.07 Å². The standard InChI is InChI=1S/C11H13F2NO4S/c1-2-18-11(15)5-6-14-19(16,17)10-4-3-8(12)7-9(10)13/h3-4,7,14H,2,5-6H2,1H3. The lowest BCUT2D eigenvalue weighted by Crippen LogP contribution is -2.27. The van der Waals surface area contributed by atoms with E-state index in [9.17, 15) is 22.0 Å². The van der Waals surface area contributed by atoms with E-state index in [2.05, 4.69) is 4.74 Å². The molecule has 0 bridgehead atoms. The third kappa shape index (κ3) is 4.56. The Labute approximate surface area is 109 Å². The van der Waals surface area contributed by atoms with Gasteiger partial charge in [0, 0.05) is 12.6 Å². The van der Waals surface area contributed by atoms with Crippen molar-refractivity contribution in [2.24, 2.45) is 0 Å². The Morgan fingerprint density at radius 3 is 2.63 bits per heavy atom. The van der Waals surface area contributed by atoms with Gasteiger partial charge in [0.2, 0.25) is 10.0 Å². The Morgan fingerprint density at radius 2 is 2.05 bits per heavy atom. The summed E-state index contributed by atoms with van der Waals surface area (Å²) in [6.45, 7) is 1.59. The van der Waals surface area contributed by atoms with Crippen LogP contribution >= 0.6 is 0 Å². The largest absolute Gasteiger partial charge is 0.466 e. The van der Waals surface area contributed by atoms with Crippen molar-refractivity contribution in [3.63, 3.8) is 0 Å². The van der Waals surface area contributed by atoms with Crippen molar-refractivity contribution in [1.82, 2.24) is 4.72 Å². The van der Waals surface area contributed by atoms with Crippen LogP contribution in [0.15, 0.2) is 23.1 Å². The van der Waals surface area contributed by atoms with Crippen LogP contribution in [0.4, 0.5) is 8.78 Å². The van der Waals surface area contributed by atoms with Crippen molar-refractivity contribution in [1.29, 1.82) is 0 Å². The molecule has 0 unspecified atom stereocenters. The first-order valence-corrected chi connectivity index (χ1v) is 6.95.